The molecule has 1 aromatic heterocycles. The number of hydrogen-bond acceptors (Lipinski definition) is 5. The third-order valence-corrected chi connectivity index (χ3v) is 4.25. The molecule has 0 unspecified atom stereocenters. The molecule has 0 radical (unpaired) electrons. The molecule has 0 aliphatic heterocycles. The summed E-state index contributed by atoms with van der Waals surface area (Å²) in [6, 6.07) is 10.5. The number of ether oxygens (including phenoxy) is 1. The minimum absolute atomic E-state index is 0.0268. The lowest BCUT2D eigenvalue weighted by Gasteiger charge is -2.13. The van der Waals surface area contributed by atoms with E-state index < -0.39 is 18.0 Å². The molecule has 148 valence electrons. The number of halogens is 1. The molecular weight excluding hydrogens is 380 g/mol. The van der Waals surface area contributed by atoms with Crippen molar-refractivity contribution in [3.05, 3.63) is 58.7 Å². The number of benzene rings is 1. The quantitative estimate of drug-likeness (QED) is 0.501. The summed E-state index contributed by atoms with van der Waals surface area (Å²) < 4.78 is 5.09. The highest BCUT2D eigenvalue weighted by Crippen LogP contribution is 2.12. The van der Waals surface area contributed by atoms with Crippen molar-refractivity contribution >= 4 is 35.1 Å². The highest BCUT2D eigenvalue weighted by molar-refractivity contribution is 6.30. The Balaban J connectivity index is 1.78. The fourth-order valence-corrected chi connectivity index (χ4v) is 2.60. The van der Waals surface area contributed by atoms with Crippen LogP contribution in [-0.4, -0.2) is 28.7 Å². The highest BCUT2D eigenvalue weighted by Gasteiger charge is 2.19. The molecule has 1 aromatic carbocycles. The third kappa shape index (κ3) is 6.78. The van der Waals surface area contributed by atoms with Crippen LogP contribution in [-0.2, 0) is 20.7 Å². The number of pyridine rings is 1. The average Bonchev–Trinajstić information content (AvgIpc) is 2.68. The molecule has 2 aromatic rings. The zero-order valence-electron chi connectivity index (χ0n) is 15.9. The predicted molar refractivity (Wildman–Crippen MR) is 107 cm³/mol. The standard InChI is InChI=1S/C21H23ClN2O4/c1-3-4-15-5-7-16(8-6-15)18(25)10-12-20(26)28-14(2)21(27)24-19-11-9-17(22)13-23-19/h5-9,11,13-14H,3-4,10,12H2,1-2H3,(H,23,24,27)/t14-/m1/s1. The van der Waals surface area contributed by atoms with Gasteiger partial charge < -0.3 is 10.1 Å². The number of Topliss-reactive ketones (excluding diaryl/α,β-unsaturated/α-hetero) is 1. The van der Waals surface area contributed by atoms with Crippen LogP contribution in [0.15, 0.2) is 42.6 Å². The molecule has 6 nitrogen and oxygen atoms in total. The van der Waals surface area contributed by atoms with E-state index >= 15 is 0 Å². The van der Waals surface area contributed by atoms with Crippen LogP contribution < -0.4 is 5.32 Å². The average molecular weight is 403 g/mol. The summed E-state index contributed by atoms with van der Waals surface area (Å²) in [5.41, 5.74) is 1.74. The topological polar surface area (TPSA) is 85.4 Å². The van der Waals surface area contributed by atoms with Gasteiger partial charge in [-0.25, -0.2) is 4.98 Å². The van der Waals surface area contributed by atoms with Gasteiger partial charge in [0.2, 0.25) is 0 Å². The van der Waals surface area contributed by atoms with Gasteiger partial charge in [-0.1, -0.05) is 49.2 Å². The van der Waals surface area contributed by atoms with Crippen molar-refractivity contribution < 1.29 is 19.1 Å². The zero-order valence-corrected chi connectivity index (χ0v) is 16.7. The Hall–Kier alpha value is -2.73. The van der Waals surface area contributed by atoms with Gasteiger partial charge in [0.1, 0.15) is 5.82 Å². The smallest absolute Gasteiger partial charge is 0.307 e. The molecule has 7 heteroatoms. The number of amides is 1. The normalized spacial score (nSPS) is 11.5. The van der Waals surface area contributed by atoms with E-state index in [1.807, 2.05) is 12.1 Å². The number of carbonyl (C=O) groups excluding carboxylic acids is 3. The van der Waals surface area contributed by atoms with Crippen LogP contribution in [0.5, 0.6) is 0 Å². The highest BCUT2D eigenvalue weighted by atomic mass is 35.5. The first kappa shape index (κ1) is 21.6. The van der Waals surface area contributed by atoms with Gasteiger partial charge in [0.15, 0.2) is 11.9 Å². The molecule has 1 heterocycles. The Morgan fingerprint density at radius 3 is 2.43 bits per heavy atom. The fourth-order valence-electron chi connectivity index (χ4n) is 2.49. The number of aromatic nitrogens is 1. The van der Waals surface area contributed by atoms with Crippen LogP contribution in [0.1, 0.15) is 49.0 Å². The van der Waals surface area contributed by atoms with E-state index in [-0.39, 0.29) is 18.6 Å². The monoisotopic (exact) mass is 402 g/mol. The molecule has 0 saturated heterocycles. The Labute approximate surface area is 169 Å². The minimum atomic E-state index is -1.01. The van der Waals surface area contributed by atoms with E-state index in [1.165, 1.54) is 18.7 Å². The first-order chi connectivity index (χ1) is 13.4. The van der Waals surface area contributed by atoms with Gasteiger partial charge in [-0.05, 0) is 31.0 Å². The minimum Gasteiger partial charge on any atom is -0.453 e. The Bertz CT molecular complexity index is 819. The van der Waals surface area contributed by atoms with Crippen molar-refractivity contribution in [2.75, 3.05) is 5.32 Å². The number of anilines is 1. The number of nitrogens with zero attached hydrogens (tertiary/aromatic N) is 1. The largest absolute Gasteiger partial charge is 0.453 e. The fraction of sp³-hybridized carbons (Fsp3) is 0.333. The maximum atomic E-state index is 12.2. The molecule has 2 rings (SSSR count). The molecule has 1 N–H and O–H groups in total. The second-order valence-electron chi connectivity index (χ2n) is 6.35. The van der Waals surface area contributed by atoms with Gasteiger partial charge >= 0.3 is 5.97 Å². The molecule has 1 atom stereocenters. The summed E-state index contributed by atoms with van der Waals surface area (Å²) in [6.45, 7) is 3.55. The van der Waals surface area contributed by atoms with Crippen LogP contribution in [0.25, 0.3) is 0 Å². The summed E-state index contributed by atoms with van der Waals surface area (Å²) >= 11 is 5.73. The van der Waals surface area contributed by atoms with Crippen LogP contribution in [0.2, 0.25) is 5.02 Å². The van der Waals surface area contributed by atoms with Crippen molar-refractivity contribution in [1.29, 1.82) is 0 Å². The van der Waals surface area contributed by atoms with E-state index in [9.17, 15) is 14.4 Å². The molecule has 1 amide bonds. The number of ketones is 1. The lowest BCUT2D eigenvalue weighted by atomic mass is 10.0. The number of hydrogen-bond donors (Lipinski definition) is 1. The second-order valence-corrected chi connectivity index (χ2v) is 6.79. The summed E-state index contributed by atoms with van der Waals surface area (Å²) in [6.07, 6.45) is 2.33. The van der Waals surface area contributed by atoms with Crippen LogP contribution in [0.3, 0.4) is 0 Å². The van der Waals surface area contributed by atoms with Crippen molar-refractivity contribution in [3.8, 4) is 0 Å². The van der Waals surface area contributed by atoms with Gasteiger partial charge in [-0.3, -0.25) is 14.4 Å². The number of aryl methyl sites for hydroxylation is 1. The van der Waals surface area contributed by atoms with E-state index in [0.29, 0.717) is 16.4 Å². The van der Waals surface area contributed by atoms with Crippen molar-refractivity contribution in [2.24, 2.45) is 0 Å². The van der Waals surface area contributed by atoms with Gasteiger partial charge in [-0.2, -0.15) is 0 Å². The SMILES string of the molecule is CCCc1ccc(C(=O)CCC(=O)O[C@H](C)C(=O)Nc2ccc(Cl)cn2)cc1. The molecule has 0 aliphatic rings. The summed E-state index contributed by atoms with van der Waals surface area (Å²) in [4.78, 5) is 40.1. The van der Waals surface area contributed by atoms with Crippen molar-refractivity contribution in [2.45, 2.75) is 45.6 Å². The maximum absolute atomic E-state index is 12.2. The van der Waals surface area contributed by atoms with Crippen molar-refractivity contribution in [3.63, 3.8) is 0 Å². The molecular formula is C21H23ClN2O4. The van der Waals surface area contributed by atoms with Gasteiger partial charge in [0.05, 0.1) is 11.4 Å². The lowest BCUT2D eigenvalue weighted by molar-refractivity contribution is -0.153. The first-order valence-electron chi connectivity index (χ1n) is 9.13. The molecule has 28 heavy (non-hydrogen) atoms. The van der Waals surface area contributed by atoms with Crippen LogP contribution >= 0.6 is 11.6 Å². The Morgan fingerprint density at radius 2 is 1.82 bits per heavy atom. The molecule has 0 spiro atoms. The van der Waals surface area contributed by atoms with Crippen LogP contribution in [0.4, 0.5) is 5.82 Å². The first-order valence-corrected chi connectivity index (χ1v) is 9.51. The predicted octanol–water partition coefficient (Wildman–Crippen LogP) is 4.22. The van der Waals surface area contributed by atoms with E-state index in [1.54, 1.807) is 24.3 Å². The van der Waals surface area contributed by atoms with E-state index in [2.05, 4.69) is 17.2 Å². The zero-order chi connectivity index (χ0) is 20.5. The second kappa shape index (κ2) is 10.6. The molecule has 0 bridgehead atoms. The summed E-state index contributed by atoms with van der Waals surface area (Å²) in [7, 11) is 0. The molecule has 0 fully saturated rings. The number of nitrogens with one attached hydrogen (secondary N) is 1. The summed E-state index contributed by atoms with van der Waals surface area (Å²) in [5.74, 6) is -0.954. The van der Waals surface area contributed by atoms with E-state index in [0.717, 1.165) is 12.8 Å². The Morgan fingerprint density at radius 1 is 1.11 bits per heavy atom. The van der Waals surface area contributed by atoms with Gasteiger partial charge in [-0.15, -0.1) is 0 Å². The van der Waals surface area contributed by atoms with E-state index in [4.69, 9.17) is 16.3 Å². The Kier molecular flexibility index (Phi) is 8.14. The molecule has 0 saturated carbocycles. The number of carbonyl (C=O) groups is 3. The van der Waals surface area contributed by atoms with Gasteiger partial charge in [0, 0.05) is 18.2 Å². The lowest BCUT2D eigenvalue weighted by Crippen LogP contribution is -2.30. The number of rotatable bonds is 9. The summed E-state index contributed by atoms with van der Waals surface area (Å²) in [5, 5.41) is 2.97. The maximum Gasteiger partial charge on any atom is 0.307 e. The number of esters is 1. The van der Waals surface area contributed by atoms with Gasteiger partial charge in [0.25, 0.3) is 5.91 Å². The third-order valence-electron chi connectivity index (χ3n) is 4.03. The van der Waals surface area contributed by atoms with Crippen molar-refractivity contribution in [1.82, 2.24) is 4.98 Å². The van der Waals surface area contributed by atoms with Crippen LogP contribution in [0, 0.1) is 0 Å². The molecule has 0 aliphatic carbocycles.